The minimum absolute atomic E-state index is 0.0423. The largest absolute Gasteiger partial charge is 0.348 e. The summed E-state index contributed by atoms with van der Waals surface area (Å²) >= 11 is 0. The van der Waals surface area contributed by atoms with E-state index in [1.54, 1.807) is 6.33 Å². The number of aryl methyl sites for hydroxylation is 1. The van der Waals surface area contributed by atoms with Gasteiger partial charge < -0.3 is 5.32 Å². The molecule has 1 aliphatic heterocycles. The second-order valence-corrected chi connectivity index (χ2v) is 5.94. The molecule has 23 heavy (non-hydrogen) atoms. The van der Waals surface area contributed by atoms with Gasteiger partial charge in [0.05, 0.1) is 12.1 Å². The lowest BCUT2D eigenvalue weighted by Gasteiger charge is -2.31. The van der Waals surface area contributed by atoms with Gasteiger partial charge >= 0.3 is 0 Å². The molecule has 0 bridgehead atoms. The maximum absolute atomic E-state index is 13.2. The molecule has 0 amide bonds. The Labute approximate surface area is 134 Å². The lowest BCUT2D eigenvalue weighted by Crippen LogP contribution is -2.28. The van der Waals surface area contributed by atoms with E-state index in [0.29, 0.717) is 0 Å². The lowest BCUT2D eigenvalue weighted by atomic mass is 9.93. The highest BCUT2D eigenvalue weighted by molar-refractivity contribution is 5.38. The van der Waals surface area contributed by atoms with Crippen LogP contribution in [0.3, 0.4) is 0 Å². The molecule has 0 saturated carbocycles. The summed E-state index contributed by atoms with van der Waals surface area (Å²) in [7, 11) is 0. The summed E-state index contributed by atoms with van der Waals surface area (Å²) in [4.78, 5) is 4.31. The molecule has 116 valence electrons. The van der Waals surface area contributed by atoms with Gasteiger partial charge in [-0.15, -0.1) is 0 Å². The van der Waals surface area contributed by atoms with Gasteiger partial charge in [0.25, 0.3) is 0 Å². The highest BCUT2D eigenvalue weighted by Crippen LogP contribution is 2.37. The first-order chi connectivity index (χ1) is 11.2. The Balaban J connectivity index is 1.71. The van der Waals surface area contributed by atoms with Crippen LogP contribution in [-0.2, 0) is 0 Å². The summed E-state index contributed by atoms with van der Waals surface area (Å²) in [6.07, 6.45) is 2.39. The molecule has 2 aromatic carbocycles. The quantitative estimate of drug-likeness (QED) is 0.781. The summed E-state index contributed by atoms with van der Waals surface area (Å²) in [6.45, 7) is 2.08. The Morgan fingerprint density at radius 3 is 2.48 bits per heavy atom. The van der Waals surface area contributed by atoms with Crippen LogP contribution in [0.1, 0.15) is 35.2 Å². The van der Waals surface area contributed by atoms with E-state index in [1.165, 1.54) is 23.3 Å². The first-order valence-electron chi connectivity index (χ1n) is 7.69. The van der Waals surface area contributed by atoms with Crippen molar-refractivity contribution in [3.05, 3.63) is 77.4 Å². The number of hydrogen-bond donors (Lipinski definition) is 1. The van der Waals surface area contributed by atoms with Crippen LogP contribution in [0.5, 0.6) is 0 Å². The van der Waals surface area contributed by atoms with E-state index < -0.39 is 0 Å². The van der Waals surface area contributed by atoms with Crippen molar-refractivity contribution in [2.45, 2.75) is 25.4 Å². The molecule has 0 spiro atoms. The van der Waals surface area contributed by atoms with Gasteiger partial charge in [0.1, 0.15) is 12.1 Å². The number of nitrogens with zero attached hydrogens (tertiary/aromatic N) is 3. The monoisotopic (exact) mass is 308 g/mol. The number of halogens is 1. The van der Waals surface area contributed by atoms with E-state index in [2.05, 4.69) is 46.6 Å². The average molecular weight is 308 g/mol. The second kappa shape index (κ2) is 5.50. The maximum atomic E-state index is 13.2. The second-order valence-electron chi connectivity index (χ2n) is 5.94. The van der Waals surface area contributed by atoms with Crippen LogP contribution in [0.15, 0.2) is 54.9 Å². The Morgan fingerprint density at radius 2 is 1.74 bits per heavy atom. The van der Waals surface area contributed by atoms with Crippen molar-refractivity contribution in [1.29, 1.82) is 0 Å². The fourth-order valence-corrected chi connectivity index (χ4v) is 3.10. The molecule has 0 aliphatic carbocycles. The minimum Gasteiger partial charge on any atom is -0.348 e. The molecule has 1 N–H and O–H groups in total. The lowest BCUT2D eigenvalue weighted by molar-refractivity contribution is 0.430. The van der Waals surface area contributed by atoms with Crippen LogP contribution in [0.25, 0.3) is 0 Å². The van der Waals surface area contributed by atoms with Crippen LogP contribution >= 0.6 is 0 Å². The SMILES string of the molecule is Cc1ccc([C@H]2C[C@@H](c3ccc(F)cc3)n3ncnc3N2)cc1. The molecule has 3 aromatic rings. The van der Waals surface area contributed by atoms with Gasteiger partial charge in [-0.1, -0.05) is 42.0 Å². The van der Waals surface area contributed by atoms with Crippen molar-refractivity contribution in [3.63, 3.8) is 0 Å². The van der Waals surface area contributed by atoms with E-state index in [9.17, 15) is 4.39 Å². The van der Waals surface area contributed by atoms with Crippen LogP contribution in [0.4, 0.5) is 10.3 Å². The molecular formula is C18H17FN4. The van der Waals surface area contributed by atoms with E-state index in [0.717, 1.165) is 17.9 Å². The third kappa shape index (κ3) is 2.59. The van der Waals surface area contributed by atoms with E-state index in [1.807, 2.05) is 16.8 Å². The molecule has 0 radical (unpaired) electrons. The molecular weight excluding hydrogens is 291 g/mol. The number of anilines is 1. The third-order valence-corrected chi connectivity index (χ3v) is 4.37. The summed E-state index contributed by atoms with van der Waals surface area (Å²) in [6, 6.07) is 15.3. The molecule has 4 rings (SSSR count). The van der Waals surface area contributed by atoms with Crippen LogP contribution < -0.4 is 5.32 Å². The number of hydrogen-bond acceptors (Lipinski definition) is 3. The summed E-state index contributed by atoms with van der Waals surface area (Å²) in [5.41, 5.74) is 3.50. The van der Waals surface area contributed by atoms with Gasteiger partial charge in [-0.25, -0.2) is 9.07 Å². The predicted octanol–water partition coefficient (Wildman–Crippen LogP) is 3.87. The number of fused-ring (bicyclic) bond motifs is 1. The van der Waals surface area contributed by atoms with Gasteiger partial charge in [0.2, 0.25) is 5.95 Å². The number of rotatable bonds is 2. The van der Waals surface area contributed by atoms with Gasteiger partial charge in [-0.2, -0.15) is 10.1 Å². The normalized spacial score (nSPS) is 19.9. The van der Waals surface area contributed by atoms with Crippen LogP contribution in [0.2, 0.25) is 0 Å². The average Bonchev–Trinajstić information content (AvgIpc) is 3.04. The van der Waals surface area contributed by atoms with Crippen LogP contribution in [-0.4, -0.2) is 14.8 Å². The summed E-state index contributed by atoms with van der Waals surface area (Å²) in [5, 5.41) is 7.77. The van der Waals surface area contributed by atoms with Crippen molar-refractivity contribution in [1.82, 2.24) is 14.8 Å². The van der Waals surface area contributed by atoms with Crippen molar-refractivity contribution in [3.8, 4) is 0 Å². The van der Waals surface area contributed by atoms with Crippen molar-refractivity contribution in [2.75, 3.05) is 5.32 Å². The number of benzene rings is 2. The van der Waals surface area contributed by atoms with Crippen molar-refractivity contribution >= 4 is 5.95 Å². The number of nitrogens with one attached hydrogen (secondary N) is 1. The third-order valence-electron chi connectivity index (χ3n) is 4.37. The minimum atomic E-state index is -0.225. The smallest absolute Gasteiger partial charge is 0.222 e. The Kier molecular flexibility index (Phi) is 3.33. The Morgan fingerprint density at radius 1 is 1.04 bits per heavy atom. The van der Waals surface area contributed by atoms with Gasteiger partial charge in [0.15, 0.2) is 0 Å². The fraction of sp³-hybridized carbons (Fsp3) is 0.222. The zero-order valence-electron chi connectivity index (χ0n) is 12.8. The first-order valence-corrected chi connectivity index (χ1v) is 7.69. The first kappa shape index (κ1) is 13.9. The van der Waals surface area contributed by atoms with Gasteiger partial charge in [0, 0.05) is 0 Å². The van der Waals surface area contributed by atoms with Crippen LogP contribution in [0, 0.1) is 12.7 Å². The topological polar surface area (TPSA) is 42.7 Å². The Hall–Kier alpha value is -2.69. The van der Waals surface area contributed by atoms with Gasteiger partial charge in [-0.3, -0.25) is 0 Å². The summed E-state index contributed by atoms with van der Waals surface area (Å²) in [5.74, 6) is 0.521. The molecule has 0 saturated heterocycles. The predicted molar refractivity (Wildman–Crippen MR) is 86.7 cm³/mol. The molecule has 4 nitrogen and oxygen atoms in total. The van der Waals surface area contributed by atoms with E-state index in [4.69, 9.17) is 0 Å². The molecule has 2 atom stereocenters. The molecule has 1 aliphatic rings. The van der Waals surface area contributed by atoms with Crippen molar-refractivity contribution in [2.24, 2.45) is 0 Å². The fourth-order valence-electron chi connectivity index (χ4n) is 3.10. The molecule has 2 heterocycles. The van der Waals surface area contributed by atoms with Gasteiger partial charge in [-0.05, 0) is 36.6 Å². The Bertz CT molecular complexity index is 808. The van der Waals surface area contributed by atoms with Crippen molar-refractivity contribution < 1.29 is 4.39 Å². The van der Waals surface area contributed by atoms with E-state index in [-0.39, 0.29) is 17.9 Å². The zero-order valence-corrected chi connectivity index (χ0v) is 12.8. The zero-order chi connectivity index (χ0) is 15.8. The number of aromatic nitrogens is 3. The molecule has 0 fully saturated rings. The summed E-state index contributed by atoms with van der Waals surface area (Å²) < 4.78 is 15.1. The molecule has 1 aromatic heterocycles. The van der Waals surface area contributed by atoms with E-state index >= 15 is 0 Å². The standard InChI is InChI=1S/C18H17FN4/c1-12-2-4-13(5-3-12)16-10-17(14-6-8-15(19)9-7-14)23-18(22-16)20-11-21-23/h2-9,11,16-17H,10H2,1H3,(H,20,21,22)/t16-,17+/m1/s1. The molecule has 5 heteroatoms. The highest BCUT2D eigenvalue weighted by Gasteiger charge is 2.29. The molecule has 0 unspecified atom stereocenters. The maximum Gasteiger partial charge on any atom is 0.222 e. The highest BCUT2D eigenvalue weighted by atomic mass is 19.1.